The molecular weight excluding hydrogens is 319 g/mol. The highest BCUT2D eigenvalue weighted by Gasteiger charge is 2.14. The maximum absolute atomic E-state index is 12.8. The summed E-state index contributed by atoms with van der Waals surface area (Å²) in [4.78, 5) is 23.9. The summed E-state index contributed by atoms with van der Waals surface area (Å²) in [6.07, 6.45) is 0.678. The zero-order valence-corrected chi connectivity index (χ0v) is 14.7. The summed E-state index contributed by atoms with van der Waals surface area (Å²) in [5.74, 6) is -0.975. The third kappa shape index (κ3) is 5.71. The zero-order valence-electron chi connectivity index (χ0n) is 14.7. The van der Waals surface area contributed by atoms with Gasteiger partial charge in [-0.3, -0.25) is 20.4 Å². The normalized spacial score (nSPS) is 11.0. The number of halogens is 1. The topological polar surface area (TPSA) is 58.2 Å². The van der Waals surface area contributed by atoms with Gasteiger partial charge in [0.2, 0.25) is 5.91 Å². The fourth-order valence-corrected chi connectivity index (χ4v) is 2.29. The van der Waals surface area contributed by atoms with Crippen LogP contribution in [-0.2, 0) is 16.6 Å². The van der Waals surface area contributed by atoms with Gasteiger partial charge in [0.05, 0.1) is 0 Å². The molecule has 0 aliphatic heterocycles. The van der Waals surface area contributed by atoms with Gasteiger partial charge in [-0.15, -0.1) is 0 Å². The van der Waals surface area contributed by atoms with Crippen LogP contribution in [0.1, 0.15) is 48.7 Å². The molecule has 4 nitrogen and oxygen atoms in total. The minimum absolute atomic E-state index is 0.0174. The van der Waals surface area contributed by atoms with Crippen molar-refractivity contribution in [3.05, 3.63) is 71.0 Å². The highest BCUT2D eigenvalue weighted by molar-refractivity contribution is 5.95. The second-order valence-electron chi connectivity index (χ2n) is 6.96. The van der Waals surface area contributed by atoms with Gasteiger partial charge >= 0.3 is 0 Å². The van der Waals surface area contributed by atoms with Gasteiger partial charge in [0.25, 0.3) is 5.91 Å². The second-order valence-corrected chi connectivity index (χ2v) is 6.96. The van der Waals surface area contributed by atoms with Gasteiger partial charge in [0.1, 0.15) is 5.82 Å². The van der Waals surface area contributed by atoms with E-state index in [0.717, 1.165) is 11.1 Å². The monoisotopic (exact) mass is 342 g/mol. The van der Waals surface area contributed by atoms with Crippen molar-refractivity contribution in [2.24, 2.45) is 0 Å². The van der Waals surface area contributed by atoms with Crippen LogP contribution in [-0.4, -0.2) is 11.8 Å². The summed E-state index contributed by atoms with van der Waals surface area (Å²) < 4.78 is 12.8. The van der Waals surface area contributed by atoms with Crippen LogP contribution in [0.4, 0.5) is 4.39 Å². The highest BCUT2D eigenvalue weighted by Crippen LogP contribution is 2.22. The molecule has 0 aliphatic carbocycles. The first-order valence-corrected chi connectivity index (χ1v) is 8.20. The van der Waals surface area contributed by atoms with Gasteiger partial charge in [-0.2, -0.15) is 0 Å². The van der Waals surface area contributed by atoms with Crippen molar-refractivity contribution in [3.63, 3.8) is 0 Å². The van der Waals surface area contributed by atoms with Gasteiger partial charge in [-0.25, -0.2) is 4.39 Å². The van der Waals surface area contributed by atoms with E-state index in [1.807, 2.05) is 12.1 Å². The Kier molecular flexibility index (Phi) is 5.91. The van der Waals surface area contributed by atoms with Crippen LogP contribution in [0.25, 0.3) is 0 Å². The Bertz CT molecular complexity index is 732. The van der Waals surface area contributed by atoms with Crippen molar-refractivity contribution in [3.8, 4) is 0 Å². The van der Waals surface area contributed by atoms with E-state index in [4.69, 9.17) is 0 Å². The lowest BCUT2D eigenvalue weighted by molar-refractivity contribution is -0.121. The first-order chi connectivity index (χ1) is 11.8. The second kappa shape index (κ2) is 7.92. The van der Waals surface area contributed by atoms with Gasteiger partial charge in [0.15, 0.2) is 0 Å². The molecule has 25 heavy (non-hydrogen) atoms. The van der Waals surface area contributed by atoms with Crippen molar-refractivity contribution < 1.29 is 14.0 Å². The van der Waals surface area contributed by atoms with Crippen molar-refractivity contribution >= 4 is 11.8 Å². The number of benzene rings is 2. The molecule has 0 bridgehead atoms. The van der Waals surface area contributed by atoms with E-state index in [0.29, 0.717) is 12.0 Å². The van der Waals surface area contributed by atoms with Gasteiger partial charge in [0, 0.05) is 12.0 Å². The van der Waals surface area contributed by atoms with Crippen LogP contribution in [0.3, 0.4) is 0 Å². The molecule has 0 fully saturated rings. The first-order valence-electron chi connectivity index (χ1n) is 8.20. The summed E-state index contributed by atoms with van der Waals surface area (Å²) in [5, 5.41) is 0. The van der Waals surface area contributed by atoms with Crippen LogP contribution >= 0.6 is 0 Å². The fraction of sp³-hybridized carbons (Fsp3) is 0.300. The summed E-state index contributed by atoms with van der Waals surface area (Å²) in [6.45, 7) is 6.30. The molecule has 132 valence electrons. The van der Waals surface area contributed by atoms with Crippen LogP contribution in [0, 0.1) is 5.82 Å². The van der Waals surface area contributed by atoms with Crippen LogP contribution < -0.4 is 10.9 Å². The predicted molar refractivity (Wildman–Crippen MR) is 95.5 cm³/mol. The van der Waals surface area contributed by atoms with Crippen molar-refractivity contribution in [2.45, 2.75) is 39.0 Å². The Balaban J connectivity index is 1.80. The molecule has 0 saturated heterocycles. The number of amides is 2. The molecule has 0 aliphatic rings. The molecule has 0 spiro atoms. The number of rotatable bonds is 4. The molecule has 0 heterocycles. The lowest BCUT2D eigenvalue weighted by Gasteiger charge is -2.19. The van der Waals surface area contributed by atoms with E-state index in [-0.39, 0.29) is 29.5 Å². The van der Waals surface area contributed by atoms with Gasteiger partial charge < -0.3 is 0 Å². The highest BCUT2D eigenvalue weighted by atomic mass is 19.1. The predicted octanol–water partition coefficient (Wildman–Crippen LogP) is 3.52. The smallest absolute Gasteiger partial charge is 0.269 e. The summed E-state index contributed by atoms with van der Waals surface area (Å²) in [5.41, 5.74) is 7.29. The summed E-state index contributed by atoms with van der Waals surface area (Å²) >= 11 is 0. The molecule has 0 radical (unpaired) electrons. The minimum Gasteiger partial charge on any atom is -0.273 e. The average Bonchev–Trinajstić information content (AvgIpc) is 2.58. The van der Waals surface area contributed by atoms with Crippen molar-refractivity contribution in [1.29, 1.82) is 0 Å². The Morgan fingerprint density at radius 3 is 2.08 bits per heavy atom. The van der Waals surface area contributed by atoms with Crippen molar-refractivity contribution in [1.82, 2.24) is 10.9 Å². The number of carbonyl (C=O) groups is 2. The minimum atomic E-state index is -0.365. The molecule has 2 amide bonds. The average molecular weight is 342 g/mol. The first kappa shape index (κ1) is 18.6. The lowest BCUT2D eigenvalue weighted by Crippen LogP contribution is -2.41. The molecule has 2 rings (SSSR count). The van der Waals surface area contributed by atoms with Gasteiger partial charge in [-0.1, -0.05) is 45.0 Å². The van der Waals surface area contributed by atoms with Crippen LogP contribution in [0.2, 0.25) is 0 Å². The molecule has 0 aromatic heterocycles. The van der Waals surface area contributed by atoms with Crippen LogP contribution in [0.15, 0.2) is 48.5 Å². The fourth-order valence-electron chi connectivity index (χ4n) is 2.29. The number of carbonyl (C=O) groups excluding carboxylic acids is 2. The summed E-state index contributed by atoms with van der Waals surface area (Å²) in [7, 11) is 0. The van der Waals surface area contributed by atoms with E-state index in [2.05, 4.69) is 31.6 Å². The molecule has 0 saturated carbocycles. The van der Waals surface area contributed by atoms with Crippen LogP contribution in [0.5, 0.6) is 0 Å². The SMILES string of the molecule is CC(C)(C)c1ccc(C(=O)NNC(=O)CCc2ccc(F)cc2)cc1. The molecule has 2 aromatic rings. The lowest BCUT2D eigenvalue weighted by atomic mass is 9.87. The molecule has 2 N–H and O–H groups in total. The molecule has 0 unspecified atom stereocenters. The maximum Gasteiger partial charge on any atom is 0.269 e. The molecule has 2 aromatic carbocycles. The summed E-state index contributed by atoms with van der Waals surface area (Å²) in [6, 6.07) is 13.3. The third-order valence-electron chi connectivity index (χ3n) is 3.88. The third-order valence-corrected chi connectivity index (χ3v) is 3.88. The van der Waals surface area contributed by atoms with E-state index < -0.39 is 0 Å². The molecule has 0 atom stereocenters. The number of hydrogen-bond donors (Lipinski definition) is 2. The largest absolute Gasteiger partial charge is 0.273 e. The zero-order chi connectivity index (χ0) is 18.4. The Morgan fingerprint density at radius 1 is 0.920 bits per heavy atom. The Morgan fingerprint density at radius 2 is 1.52 bits per heavy atom. The van der Waals surface area contributed by atoms with E-state index in [1.54, 1.807) is 24.3 Å². The van der Waals surface area contributed by atoms with E-state index in [9.17, 15) is 14.0 Å². The molecular formula is C20H23FN2O2. The van der Waals surface area contributed by atoms with E-state index in [1.165, 1.54) is 12.1 Å². The van der Waals surface area contributed by atoms with E-state index >= 15 is 0 Å². The number of hydrazine groups is 1. The Labute approximate surface area is 147 Å². The Hall–Kier alpha value is -2.69. The van der Waals surface area contributed by atoms with Gasteiger partial charge in [-0.05, 0) is 47.2 Å². The molecule has 5 heteroatoms. The quantitative estimate of drug-likeness (QED) is 0.835. The standard InChI is InChI=1S/C20H23FN2O2/c1-20(2,3)16-9-7-15(8-10-16)19(25)23-22-18(24)13-6-14-4-11-17(21)12-5-14/h4-5,7-12H,6,13H2,1-3H3,(H,22,24)(H,23,25). The van der Waals surface area contributed by atoms with Crippen molar-refractivity contribution in [2.75, 3.05) is 0 Å². The number of aryl methyl sites for hydroxylation is 1. The maximum atomic E-state index is 12.8. The number of hydrogen-bond acceptors (Lipinski definition) is 2. The number of nitrogens with one attached hydrogen (secondary N) is 2.